The van der Waals surface area contributed by atoms with Gasteiger partial charge in [0.2, 0.25) is 0 Å². The van der Waals surface area contributed by atoms with Gasteiger partial charge in [0.1, 0.15) is 0 Å². The van der Waals surface area contributed by atoms with Crippen LogP contribution >= 0.6 is 0 Å². The van der Waals surface area contributed by atoms with Gasteiger partial charge in [-0.2, -0.15) is 0 Å². The SMILES string of the molecule is CC(=O)/C=C(/C)[O-].CC(=O)/C=C(/C)[O-].CC(=O)/C=C(/C)[O-].[Cl-].[Zr+4]. The largest absolute Gasteiger partial charge is 4.00 e. The molecule has 0 rings (SSSR count). The first kappa shape index (κ1) is 33.4. The van der Waals surface area contributed by atoms with Crippen molar-refractivity contribution >= 4 is 17.3 Å². The molecule has 0 spiro atoms. The van der Waals surface area contributed by atoms with Crippen LogP contribution in [-0.2, 0) is 40.6 Å². The van der Waals surface area contributed by atoms with Crippen molar-refractivity contribution in [2.75, 3.05) is 0 Å². The molecule has 0 saturated heterocycles. The zero-order chi connectivity index (χ0) is 17.6. The number of halogens is 1. The van der Waals surface area contributed by atoms with E-state index in [1.807, 2.05) is 0 Å². The topological polar surface area (TPSA) is 120 Å². The van der Waals surface area contributed by atoms with E-state index in [1.165, 1.54) is 41.5 Å². The molecule has 0 aromatic rings. The van der Waals surface area contributed by atoms with Crippen LogP contribution in [0.3, 0.4) is 0 Å². The molecule has 23 heavy (non-hydrogen) atoms. The van der Waals surface area contributed by atoms with Crippen molar-refractivity contribution in [2.24, 2.45) is 0 Å². The van der Waals surface area contributed by atoms with E-state index in [-0.39, 0.29) is 73.2 Å². The summed E-state index contributed by atoms with van der Waals surface area (Å²) in [5.74, 6) is -1.12. The summed E-state index contributed by atoms with van der Waals surface area (Å²) in [5.41, 5.74) is 0. The van der Waals surface area contributed by atoms with Gasteiger partial charge >= 0.3 is 26.2 Å². The Hall–Kier alpha value is -1.20. The number of hydrogen-bond donors (Lipinski definition) is 0. The molecule has 0 amide bonds. The van der Waals surface area contributed by atoms with Crippen molar-refractivity contribution in [3.8, 4) is 0 Å². The van der Waals surface area contributed by atoms with Gasteiger partial charge in [0, 0.05) is 0 Å². The summed E-state index contributed by atoms with van der Waals surface area (Å²) in [7, 11) is 0. The molecular weight excluding hydrogens is 403 g/mol. The quantitative estimate of drug-likeness (QED) is 0.343. The second-order valence-electron chi connectivity index (χ2n) is 4.10. The van der Waals surface area contributed by atoms with Gasteiger partial charge in [-0.05, 0) is 39.0 Å². The fourth-order valence-electron chi connectivity index (χ4n) is 0.859. The van der Waals surface area contributed by atoms with Crippen LogP contribution in [0.25, 0.3) is 0 Å². The fraction of sp³-hybridized carbons (Fsp3) is 0.400. The molecule has 0 aliphatic rings. The number of ketones is 3. The number of carbonyl (C=O) groups is 3. The predicted molar refractivity (Wildman–Crippen MR) is 73.3 cm³/mol. The molecule has 0 aromatic carbocycles. The van der Waals surface area contributed by atoms with E-state index in [0.717, 1.165) is 18.2 Å². The Morgan fingerprint density at radius 2 is 0.696 bits per heavy atom. The summed E-state index contributed by atoms with van der Waals surface area (Å²) in [6.07, 6.45) is 3.17. The second-order valence-corrected chi connectivity index (χ2v) is 4.10. The Labute approximate surface area is 162 Å². The Morgan fingerprint density at radius 1 is 0.565 bits per heavy atom. The Morgan fingerprint density at radius 3 is 0.696 bits per heavy atom. The van der Waals surface area contributed by atoms with Crippen LogP contribution < -0.4 is 27.7 Å². The molecule has 0 aliphatic carbocycles. The van der Waals surface area contributed by atoms with E-state index < -0.39 is 0 Å². The van der Waals surface area contributed by atoms with Gasteiger partial charge in [-0.3, -0.25) is 14.4 Å². The molecule has 0 N–H and O–H groups in total. The Kier molecular flexibility index (Phi) is 30.2. The molecule has 0 heterocycles. The molecule has 0 aromatic heterocycles. The normalized spacial score (nSPS) is 10.4. The van der Waals surface area contributed by atoms with Crippen molar-refractivity contribution in [1.82, 2.24) is 0 Å². The molecule has 6 nitrogen and oxygen atoms in total. The Balaban J connectivity index is -0.0000000675. The maximum absolute atomic E-state index is 9.98. The average molecular weight is 424 g/mol. The molecule has 0 bridgehead atoms. The van der Waals surface area contributed by atoms with Crippen LogP contribution in [0, 0.1) is 0 Å². The third-order valence-electron chi connectivity index (χ3n) is 1.22. The van der Waals surface area contributed by atoms with Crippen LogP contribution in [0.4, 0.5) is 0 Å². The van der Waals surface area contributed by atoms with Crippen LogP contribution in [0.5, 0.6) is 0 Å². The first-order valence-corrected chi connectivity index (χ1v) is 5.96. The average Bonchev–Trinajstić information content (AvgIpc) is 2.10. The third-order valence-corrected chi connectivity index (χ3v) is 1.22. The van der Waals surface area contributed by atoms with E-state index >= 15 is 0 Å². The molecule has 128 valence electrons. The van der Waals surface area contributed by atoms with E-state index in [9.17, 15) is 29.7 Å². The fourth-order valence-corrected chi connectivity index (χ4v) is 0.859. The zero-order valence-corrected chi connectivity index (χ0v) is 17.3. The van der Waals surface area contributed by atoms with Crippen molar-refractivity contribution in [3.63, 3.8) is 0 Å². The summed E-state index contributed by atoms with van der Waals surface area (Å²) in [5, 5.41) is 29.9. The van der Waals surface area contributed by atoms with Gasteiger partial charge in [-0.15, -0.1) is 17.3 Å². The van der Waals surface area contributed by atoms with Crippen molar-refractivity contribution < 1.29 is 68.3 Å². The van der Waals surface area contributed by atoms with Crippen molar-refractivity contribution in [2.45, 2.75) is 41.5 Å². The summed E-state index contributed by atoms with van der Waals surface area (Å²) in [6, 6.07) is 0. The van der Waals surface area contributed by atoms with Crippen molar-refractivity contribution in [1.29, 1.82) is 0 Å². The maximum atomic E-state index is 9.98. The molecule has 0 radical (unpaired) electrons. The number of carbonyl (C=O) groups excluding carboxylic acids is 3. The minimum Gasteiger partial charge on any atom is -1.00 e. The van der Waals surface area contributed by atoms with Gasteiger partial charge in [-0.1, -0.05) is 20.8 Å². The van der Waals surface area contributed by atoms with Crippen LogP contribution in [0.1, 0.15) is 41.5 Å². The molecule has 0 atom stereocenters. The number of allylic oxidation sites excluding steroid dienone is 6. The summed E-state index contributed by atoms with van der Waals surface area (Å²) in [6.45, 7) is 8.09. The van der Waals surface area contributed by atoms with E-state index in [2.05, 4.69) is 0 Å². The van der Waals surface area contributed by atoms with Gasteiger partial charge in [-0.25, -0.2) is 0 Å². The van der Waals surface area contributed by atoms with Crippen LogP contribution in [0.15, 0.2) is 35.5 Å². The van der Waals surface area contributed by atoms with Crippen LogP contribution in [0.2, 0.25) is 0 Å². The summed E-state index contributed by atoms with van der Waals surface area (Å²) < 4.78 is 0. The zero-order valence-electron chi connectivity index (χ0n) is 14.1. The van der Waals surface area contributed by atoms with Gasteiger partial charge in [0.25, 0.3) is 0 Å². The molecule has 0 saturated carbocycles. The first-order chi connectivity index (χ1) is 9.38. The number of rotatable bonds is 3. The molecular formula is C15H21ClO6Zr. The molecule has 8 heteroatoms. The van der Waals surface area contributed by atoms with E-state index in [4.69, 9.17) is 0 Å². The monoisotopic (exact) mass is 422 g/mol. The van der Waals surface area contributed by atoms with Gasteiger partial charge in [0.05, 0.1) is 0 Å². The second kappa shape index (κ2) is 20.8. The molecule has 0 fully saturated rings. The molecule has 0 unspecified atom stereocenters. The minimum atomic E-state index is -0.187. The van der Waals surface area contributed by atoms with E-state index in [1.54, 1.807) is 0 Å². The third kappa shape index (κ3) is 63.0. The summed E-state index contributed by atoms with van der Waals surface area (Å²) >= 11 is 0. The smallest absolute Gasteiger partial charge is 1.00 e. The summed E-state index contributed by atoms with van der Waals surface area (Å²) in [4.78, 5) is 29.9. The standard InChI is InChI=1S/3C5H8O2.ClH.Zr/c3*1-4(6)3-5(2)7;;/h3*3,6H,1-2H3;1H;/q;;;;+4/p-4/b3*4-3-;;. The predicted octanol–water partition coefficient (Wildman–Crippen LogP) is -3.48. The van der Waals surface area contributed by atoms with Gasteiger partial charge < -0.3 is 27.7 Å². The van der Waals surface area contributed by atoms with E-state index in [0.29, 0.717) is 0 Å². The van der Waals surface area contributed by atoms with Crippen molar-refractivity contribution in [3.05, 3.63) is 35.5 Å². The first-order valence-electron chi connectivity index (χ1n) is 5.96. The minimum absolute atomic E-state index is 0. The van der Waals surface area contributed by atoms with Crippen LogP contribution in [-0.4, -0.2) is 17.3 Å². The molecule has 0 aliphatic heterocycles. The van der Waals surface area contributed by atoms with Gasteiger partial charge in [0.15, 0.2) is 17.3 Å². The Bertz CT molecular complexity index is 374. The number of hydrogen-bond acceptors (Lipinski definition) is 6. The maximum Gasteiger partial charge on any atom is 4.00 e.